The van der Waals surface area contributed by atoms with Gasteiger partial charge in [0.1, 0.15) is 0 Å². The zero-order valence-electron chi connectivity index (χ0n) is 17.7. The van der Waals surface area contributed by atoms with E-state index in [4.69, 9.17) is 11.6 Å². The van der Waals surface area contributed by atoms with Crippen LogP contribution in [0.25, 0.3) is 0 Å². The van der Waals surface area contributed by atoms with Gasteiger partial charge >= 0.3 is 6.18 Å². The molecule has 1 fully saturated rings. The summed E-state index contributed by atoms with van der Waals surface area (Å²) < 4.78 is 38.3. The molecule has 3 heterocycles. The second-order valence-electron chi connectivity index (χ2n) is 8.22. The van der Waals surface area contributed by atoms with E-state index in [2.05, 4.69) is 20.9 Å². The van der Waals surface area contributed by atoms with Crippen LogP contribution in [0, 0.1) is 5.92 Å². The number of aromatic nitrogens is 2. The van der Waals surface area contributed by atoms with Crippen LogP contribution in [0.1, 0.15) is 36.8 Å². The molecule has 0 spiro atoms. The minimum absolute atomic E-state index is 0.0447. The molecule has 0 amide bonds. The molecule has 1 aromatic heterocycles. The van der Waals surface area contributed by atoms with E-state index in [-0.39, 0.29) is 12.5 Å². The van der Waals surface area contributed by atoms with Crippen molar-refractivity contribution in [1.82, 2.24) is 9.97 Å². The summed E-state index contributed by atoms with van der Waals surface area (Å²) in [5.41, 5.74) is 2.62. The minimum Gasteiger partial charge on any atom is -0.392 e. The van der Waals surface area contributed by atoms with Gasteiger partial charge in [-0.05, 0) is 61.9 Å². The Morgan fingerprint density at radius 1 is 1.12 bits per heavy atom. The number of aliphatic hydroxyl groups is 1. The van der Waals surface area contributed by atoms with Gasteiger partial charge in [-0.15, -0.1) is 0 Å². The maximum atomic E-state index is 12.8. The highest BCUT2D eigenvalue weighted by Gasteiger charge is 2.32. The Kier molecular flexibility index (Phi) is 6.90. The highest BCUT2D eigenvalue weighted by atomic mass is 35.5. The van der Waals surface area contributed by atoms with Gasteiger partial charge in [0.05, 0.1) is 12.2 Å². The fourth-order valence-electron chi connectivity index (χ4n) is 4.59. The van der Waals surface area contributed by atoms with Crippen molar-refractivity contribution in [3.05, 3.63) is 58.5 Å². The van der Waals surface area contributed by atoms with Crippen LogP contribution in [0.4, 0.5) is 24.8 Å². The second kappa shape index (κ2) is 9.67. The summed E-state index contributed by atoms with van der Waals surface area (Å²) in [6, 6.07) is 5.98. The lowest BCUT2D eigenvalue weighted by Gasteiger charge is -2.38. The first kappa shape index (κ1) is 22.9. The third-order valence-corrected chi connectivity index (χ3v) is 6.42. The highest BCUT2D eigenvalue weighted by Crippen LogP contribution is 2.37. The predicted octanol–water partition coefficient (Wildman–Crippen LogP) is 5.08. The van der Waals surface area contributed by atoms with Gasteiger partial charge in [-0.3, -0.25) is 0 Å². The standard InChI is InChI=1S/C23H26ClF3N4O/c24-19-4-5-20-17(13-19)3-1-2-9-31(20)21(8-12-32)16-6-10-30(11-7-16)22-28-14-18(15-29-22)23(25,26)27/h4-5,8,13-16,32H,1-3,6-7,9-12H2. The molecule has 5 nitrogen and oxygen atoms in total. The van der Waals surface area contributed by atoms with E-state index in [1.807, 2.05) is 23.1 Å². The third-order valence-electron chi connectivity index (χ3n) is 6.18. The van der Waals surface area contributed by atoms with Crippen molar-refractivity contribution in [3.8, 4) is 0 Å². The molecule has 0 radical (unpaired) electrons. The lowest BCUT2D eigenvalue weighted by Crippen LogP contribution is -2.39. The van der Waals surface area contributed by atoms with Gasteiger partial charge in [-0.25, -0.2) is 9.97 Å². The summed E-state index contributed by atoms with van der Waals surface area (Å²) in [5, 5.41) is 10.5. The Morgan fingerprint density at radius 3 is 2.50 bits per heavy atom. The maximum Gasteiger partial charge on any atom is 0.419 e. The van der Waals surface area contributed by atoms with Crippen LogP contribution in [0.2, 0.25) is 5.02 Å². The van der Waals surface area contributed by atoms with Crippen LogP contribution in [-0.2, 0) is 12.6 Å². The number of benzene rings is 1. The summed E-state index contributed by atoms with van der Waals surface area (Å²) in [6.07, 6.45) is 3.83. The molecule has 1 N–H and O–H groups in total. The summed E-state index contributed by atoms with van der Waals surface area (Å²) in [5.74, 6) is 0.549. The summed E-state index contributed by atoms with van der Waals surface area (Å²) in [4.78, 5) is 12.1. The number of piperidine rings is 1. The molecular formula is C23H26ClF3N4O. The lowest BCUT2D eigenvalue weighted by atomic mass is 9.91. The van der Waals surface area contributed by atoms with Crippen LogP contribution >= 0.6 is 11.6 Å². The van der Waals surface area contributed by atoms with Crippen molar-refractivity contribution < 1.29 is 18.3 Å². The molecule has 0 aliphatic carbocycles. The van der Waals surface area contributed by atoms with Crippen LogP contribution in [0.3, 0.4) is 0 Å². The highest BCUT2D eigenvalue weighted by molar-refractivity contribution is 6.30. The van der Waals surface area contributed by atoms with E-state index in [0.29, 0.717) is 19.0 Å². The van der Waals surface area contributed by atoms with Crippen LogP contribution in [0.15, 0.2) is 42.4 Å². The zero-order valence-corrected chi connectivity index (χ0v) is 18.4. The fraction of sp³-hybridized carbons (Fsp3) is 0.478. The summed E-state index contributed by atoms with van der Waals surface area (Å²) in [6.45, 7) is 2.11. The number of nitrogens with zero attached hydrogens (tertiary/aromatic N) is 4. The first-order valence-electron chi connectivity index (χ1n) is 10.9. The van der Waals surface area contributed by atoms with E-state index >= 15 is 0 Å². The number of hydrogen-bond donors (Lipinski definition) is 1. The summed E-state index contributed by atoms with van der Waals surface area (Å²) in [7, 11) is 0. The van der Waals surface area contributed by atoms with Crippen molar-refractivity contribution in [2.45, 2.75) is 38.3 Å². The Labute approximate surface area is 190 Å². The molecule has 4 rings (SSSR count). The van der Waals surface area contributed by atoms with E-state index in [1.165, 1.54) is 5.56 Å². The topological polar surface area (TPSA) is 52.5 Å². The quantitative estimate of drug-likeness (QED) is 0.680. The van der Waals surface area contributed by atoms with Crippen molar-refractivity contribution in [2.24, 2.45) is 5.92 Å². The predicted molar refractivity (Wildman–Crippen MR) is 119 cm³/mol. The van der Waals surface area contributed by atoms with Gasteiger partial charge in [-0.2, -0.15) is 13.2 Å². The number of alkyl halides is 3. The first-order valence-corrected chi connectivity index (χ1v) is 11.3. The van der Waals surface area contributed by atoms with Crippen molar-refractivity contribution in [2.75, 3.05) is 36.0 Å². The average molecular weight is 467 g/mol. The number of fused-ring (bicyclic) bond motifs is 1. The van der Waals surface area contributed by atoms with Gasteiger partial charge in [0, 0.05) is 54.4 Å². The van der Waals surface area contributed by atoms with Gasteiger partial charge in [0.15, 0.2) is 0 Å². The Bertz CT molecular complexity index is 957. The van der Waals surface area contributed by atoms with Crippen molar-refractivity contribution >= 4 is 23.2 Å². The van der Waals surface area contributed by atoms with Gasteiger partial charge < -0.3 is 14.9 Å². The molecule has 1 aromatic carbocycles. The Hall–Kier alpha value is -2.32. The number of hydrogen-bond acceptors (Lipinski definition) is 5. The smallest absolute Gasteiger partial charge is 0.392 e. The van der Waals surface area contributed by atoms with E-state index in [1.54, 1.807) is 0 Å². The molecule has 9 heteroatoms. The lowest BCUT2D eigenvalue weighted by molar-refractivity contribution is -0.138. The van der Waals surface area contributed by atoms with Crippen LogP contribution < -0.4 is 9.80 Å². The first-order chi connectivity index (χ1) is 15.4. The molecule has 0 bridgehead atoms. The number of anilines is 2. The number of halogens is 4. The fourth-order valence-corrected chi connectivity index (χ4v) is 4.78. The molecule has 0 atom stereocenters. The summed E-state index contributed by atoms with van der Waals surface area (Å²) >= 11 is 6.22. The number of aliphatic hydroxyl groups excluding tert-OH is 1. The molecule has 2 aliphatic heterocycles. The Balaban J connectivity index is 1.49. The molecule has 1 saturated heterocycles. The largest absolute Gasteiger partial charge is 0.419 e. The SMILES string of the molecule is OCC=C(C1CCN(c2ncc(C(F)(F)F)cn2)CC1)N1CCCCc2cc(Cl)ccc21. The molecule has 2 aromatic rings. The Morgan fingerprint density at radius 2 is 1.84 bits per heavy atom. The number of allylic oxidation sites excluding steroid dienone is 1. The van der Waals surface area contributed by atoms with Gasteiger partial charge in [-0.1, -0.05) is 11.6 Å². The molecule has 0 saturated carbocycles. The molecule has 0 unspecified atom stereocenters. The zero-order chi connectivity index (χ0) is 22.7. The maximum absolute atomic E-state index is 12.8. The minimum atomic E-state index is -4.44. The van der Waals surface area contributed by atoms with E-state index < -0.39 is 11.7 Å². The van der Waals surface area contributed by atoms with Gasteiger partial charge in [0.2, 0.25) is 5.95 Å². The number of rotatable bonds is 4. The third kappa shape index (κ3) is 5.02. The van der Waals surface area contributed by atoms with Crippen LogP contribution in [0.5, 0.6) is 0 Å². The molecular weight excluding hydrogens is 441 g/mol. The average Bonchev–Trinajstić information content (AvgIpc) is 2.99. The molecule has 172 valence electrons. The molecule has 32 heavy (non-hydrogen) atoms. The van der Waals surface area contributed by atoms with Crippen molar-refractivity contribution in [1.29, 1.82) is 0 Å². The molecule has 2 aliphatic rings. The second-order valence-corrected chi connectivity index (χ2v) is 8.66. The van der Waals surface area contributed by atoms with E-state index in [9.17, 15) is 18.3 Å². The van der Waals surface area contributed by atoms with Crippen molar-refractivity contribution in [3.63, 3.8) is 0 Å². The number of aryl methyl sites for hydroxylation is 1. The van der Waals surface area contributed by atoms with Gasteiger partial charge in [0.25, 0.3) is 0 Å². The van der Waals surface area contributed by atoms with Crippen LogP contribution in [-0.4, -0.2) is 41.3 Å². The van der Waals surface area contributed by atoms with E-state index in [0.717, 1.165) is 67.4 Å². The monoisotopic (exact) mass is 466 g/mol. The normalized spacial score (nSPS) is 18.5.